The molecule has 1 aromatic carbocycles. The maximum absolute atomic E-state index is 6.38. The first-order valence-electron chi connectivity index (χ1n) is 7.17. The van der Waals surface area contributed by atoms with E-state index < -0.39 is 0 Å². The van der Waals surface area contributed by atoms with Gasteiger partial charge in [-0.1, -0.05) is 18.5 Å². The lowest BCUT2D eigenvalue weighted by atomic mass is 10.2. The first-order chi connectivity index (χ1) is 10.2. The summed E-state index contributed by atoms with van der Waals surface area (Å²) in [6, 6.07) is 8.02. The monoisotopic (exact) mass is 303 g/mol. The lowest BCUT2D eigenvalue weighted by Gasteiger charge is -2.08. The quantitative estimate of drug-likeness (QED) is 0.768. The van der Waals surface area contributed by atoms with E-state index in [2.05, 4.69) is 23.9 Å². The summed E-state index contributed by atoms with van der Waals surface area (Å²) in [5, 5.41) is 6.36. The minimum Gasteiger partial charge on any atom is -0.487 e. The SMILES string of the molecule is CCc1nn(CC)c(COc2ccc3[nH]ccc3c2)c1Cl. The number of hydrogen-bond donors (Lipinski definition) is 1. The molecule has 4 nitrogen and oxygen atoms in total. The molecule has 110 valence electrons. The smallest absolute Gasteiger partial charge is 0.131 e. The molecule has 0 aliphatic heterocycles. The van der Waals surface area contributed by atoms with E-state index >= 15 is 0 Å². The molecule has 0 saturated heterocycles. The summed E-state index contributed by atoms with van der Waals surface area (Å²) in [6.45, 7) is 5.32. The Morgan fingerprint density at radius 3 is 2.90 bits per heavy atom. The molecule has 1 N–H and O–H groups in total. The molecule has 5 heteroatoms. The number of rotatable bonds is 5. The Hall–Kier alpha value is -1.94. The number of hydrogen-bond acceptors (Lipinski definition) is 2. The first-order valence-corrected chi connectivity index (χ1v) is 7.54. The molecule has 0 spiro atoms. The molecule has 21 heavy (non-hydrogen) atoms. The number of aromatic nitrogens is 3. The molecule has 0 aliphatic rings. The number of halogens is 1. The van der Waals surface area contributed by atoms with E-state index in [9.17, 15) is 0 Å². The Bertz CT molecular complexity index is 760. The molecule has 3 rings (SSSR count). The van der Waals surface area contributed by atoms with Gasteiger partial charge in [-0.2, -0.15) is 5.10 Å². The highest BCUT2D eigenvalue weighted by Crippen LogP contribution is 2.25. The summed E-state index contributed by atoms with van der Waals surface area (Å²) in [6.07, 6.45) is 2.75. The number of H-pyrrole nitrogens is 1. The van der Waals surface area contributed by atoms with Crippen LogP contribution in [0.4, 0.5) is 0 Å². The number of nitrogens with zero attached hydrogens (tertiary/aromatic N) is 2. The molecular formula is C16H18ClN3O. The van der Waals surface area contributed by atoms with E-state index in [4.69, 9.17) is 16.3 Å². The van der Waals surface area contributed by atoms with E-state index in [0.717, 1.165) is 46.0 Å². The highest BCUT2D eigenvalue weighted by molar-refractivity contribution is 6.31. The minimum absolute atomic E-state index is 0.426. The highest BCUT2D eigenvalue weighted by atomic mass is 35.5. The molecule has 0 aliphatic carbocycles. The van der Waals surface area contributed by atoms with E-state index in [0.29, 0.717) is 6.61 Å². The molecule has 0 radical (unpaired) electrons. The van der Waals surface area contributed by atoms with Gasteiger partial charge in [0.05, 0.1) is 16.4 Å². The van der Waals surface area contributed by atoms with E-state index in [1.54, 1.807) is 0 Å². The van der Waals surface area contributed by atoms with Crippen LogP contribution >= 0.6 is 11.6 Å². The van der Waals surface area contributed by atoms with E-state index in [1.807, 2.05) is 35.1 Å². The predicted molar refractivity (Wildman–Crippen MR) is 84.9 cm³/mol. The van der Waals surface area contributed by atoms with Crippen LogP contribution in [-0.4, -0.2) is 14.8 Å². The Kier molecular flexibility index (Phi) is 3.88. The lowest BCUT2D eigenvalue weighted by molar-refractivity contribution is 0.293. The normalized spacial score (nSPS) is 11.2. The zero-order chi connectivity index (χ0) is 14.8. The van der Waals surface area contributed by atoms with Gasteiger partial charge in [0.15, 0.2) is 0 Å². The summed E-state index contributed by atoms with van der Waals surface area (Å²) in [5.74, 6) is 0.833. The van der Waals surface area contributed by atoms with Crippen molar-refractivity contribution in [1.29, 1.82) is 0 Å². The number of ether oxygens (including phenoxy) is 1. The van der Waals surface area contributed by atoms with E-state index in [1.165, 1.54) is 0 Å². The largest absolute Gasteiger partial charge is 0.487 e. The Balaban J connectivity index is 1.82. The molecule has 0 bridgehead atoms. The standard InChI is InChI=1S/C16H18ClN3O/c1-3-13-16(17)15(20(4-2)19-13)10-21-12-5-6-14-11(9-12)7-8-18-14/h5-9,18H,3-4,10H2,1-2H3. The molecule has 3 aromatic rings. The van der Waals surface area contributed by atoms with Gasteiger partial charge in [0.25, 0.3) is 0 Å². The van der Waals surface area contributed by atoms with Crippen LogP contribution in [0.3, 0.4) is 0 Å². The third-order valence-electron chi connectivity index (χ3n) is 3.59. The minimum atomic E-state index is 0.426. The highest BCUT2D eigenvalue weighted by Gasteiger charge is 2.14. The van der Waals surface area contributed by atoms with Crippen LogP contribution in [0.15, 0.2) is 30.5 Å². The Morgan fingerprint density at radius 1 is 1.29 bits per heavy atom. The van der Waals surface area contributed by atoms with Gasteiger partial charge in [-0.05, 0) is 37.6 Å². The first kappa shape index (κ1) is 14.0. The van der Waals surface area contributed by atoms with Crippen LogP contribution in [-0.2, 0) is 19.6 Å². The fraction of sp³-hybridized carbons (Fsp3) is 0.312. The van der Waals surface area contributed by atoms with Crippen molar-refractivity contribution >= 4 is 22.5 Å². The fourth-order valence-corrected chi connectivity index (χ4v) is 2.75. The van der Waals surface area contributed by atoms with Crippen LogP contribution in [0.1, 0.15) is 25.2 Å². The second-order valence-electron chi connectivity index (χ2n) is 4.89. The third-order valence-corrected chi connectivity index (χ3v) is 4.03. The maximum atomic E-state index is 6.38. The van der Waals surface area contributed by atoms with Crippen LogP contribution in [0, 0.1) is 0 Å². The van der Waals surface area contributed by atoms with Crippen molar-refractivity contribution in [1.82, 2.24) is 14.8 Å². The van der Waals surface area contributed by atoms with Gasteiger partial charge in [-0.25, -0.2) is 0 Å². The number of fused-ring (bicyclic) bond motifs is 1. The summed E-state index contributed by atoms with van der Waals surface area (Å²) in [4.78, 5) is 3.17. The molecular weight excluding hydrogens is 286 g/mol. The third kappa shape index (κ3) is 2.63. The van der Waals surface area contributed by atoms with Crippen molar-refractivity contribution in [2.24, 2.45) is 0 Å². The number of aromatic amines is 1. The average molecular weight is 304 g/mol. The summed E-state index contributed by atoms with van der Waals surface area (Å²) >= 11 is 6.38. The van der Waals surface area contributed by atoms with Gasteiger partial charge in [-0.3, -0.25) is 4.68 Å². The summed E-state index contributed by atoms with van der Waals surface area (Å²) < 4.78 is 7.80. The molecule has 0 amide bonds. The van der Waals surface area contributed by atoms with Crippen molar-refractivity contribution in [3.05, 3.63) is 46.9 Å². The van der Waals surface area contributed by atoms with Crippen molar-refractivity contribution in [3.8, 4) is 5.75 Å². The predicted octanol–water partition coefficient (Wildman–Crippen LogP) is 4.18. The van der Waals surface area contributed by atoms with Gasteiger partial charge >= 0.3 is 0 Å². The topological polar surface area (TPSA) is 42.8 Å². The van der Waals surface area contributed by atoms with Crippen LogP contribution in [0.2, 0.25) is 5.02 Å². The summed E-state index contributed by atoms with van der Waals surface area (Å²) in [5.41, 5.74) is 2.97. The van der Waals surface area contributed by atoms with Gasteiger partial charge in [-0.15, -0.1) is 0 Å². The number of aryl methyl sites for hydroxylation is 2. The molecule has 0 atom stereocenters. The number of benzene rings is 1. The van der Waals surface area contributed by atoms with Crippen molar-refractivity contribution in [2.45, 2.75) is 33.4 Å². The lowest BCUT2D eigenvalue weighted by Crippen LogP contribution is -2.06. The summed E-state index contributed by atoms with van der Waals surface area (Å²) in [7, 11) is 0. The van der Waals surface area contributed by atoms with Gasteiger partial charge in [0.1, 0.15) is 12.4 Å². The van der Waals surface area contributed by atoms with Crippen molar-refractivity contribution < 1.29 is 4.74 Å². The Morgan fingerprint density at radius 2 is 2.14 bits per heavy atom. The second-order valence-corrected chi connectivity index (χ2v) is 5.27. The number of nitrogens with one attached hydrogen (secondary N) is 1. The molecule has 0 saturated carbocycles. The molecule has 2 aromatic heterocycles. The fourth-order valence-electron chi connectivity index (χ4n) is 2.43. The zero-order valence-corrected chi connectivity index (χ0v) is 12.9. The molecule has 0 fully saturated rings. The second kappa shape index (κ2) is 5.82. The van der Waals surface area contributed by atoms with Crippen molar-refractivity contribution in [3.63, 3.8) is 0 Å². The molecule has 2 heterocycles. The van der Waals surface area contributed by atoms with E-state index in [-0.39, 0.29) is 0 Å². The van der Waals surface area contributed by atoms with Gasteiger partial charge in [0.2, 0.25) is 0 Å². The van der Waals surface area contributed by atoms with Gasteiger partial charge in [0, 0.05) is 23.6 Å². The van der Waals surface area contributed by atoms with Crippen LogP contribution in [0.25, 0.3) is 10.9 Å². The molecule has 0 unspecified atom stereocenters. The Labute approximate surface area is 128 Å². The van der Waals surface area contributed by atoms with Crippen molar-refractivity contribution in [2.75, 3.05) is 0 Å². The van der Waals surface area contributed by atoms with Crippen LogP contribution in [0.5, 0.6) is 5.75 Å². The zero-order valence-electron chi connectivity index (χ0n) is 12.2. The van der Waals surface area contributed by atoms with Crippen LogP contribution < -0.4 is 4.74 Å². The maximum Gasteiger partial charge on any atom is 0.131 e. The van der Waals surface area contributed by atoms with Gasteiger partial charge < -0.3 is 9.72 Å². The average Bonchev–Trinajstić information content (AvgIpc) is 3.08.